The second-order valence-electron chi connectivity index (χ2n) is 4.91. The van der Waals surface area contributed by atoms with E-state index in [1.165, 1.54) is 0 Å². The van der Waals surface area contributed by atoms with Crippen molar-refractivity contribution in [2.75, 3.05) is 23.8 Å². The fourth-order valence-corrected chi connectivity index (χ4v) is 2.00. The second kappa shape index (κ2) is 6.56. The standard InChI is InChI=1S/C15H19F2N3O/c1-4-6-18-14-12(16)8-13(17)15(19-14)20(3)9-11-5-7-21-10(11)2/h5,7-8H,4,6,9H2,1-3H3,(H,18,19). The first kappa shape index (κ1) is 15.3. The number of halogens is 2. The SMILES string of the molecule is CCCNc1nc(N(C)Cc2ccoc2C)c(F)cc1F. The molecule has 2 heterocycles. The highest BCUT2D eigenvalue weighted by molar-refractivity contribution is 5.49. The summed E-state index contributed by atoms with van der Waals surface area (Å²) in [5.41, 5.74) is 0.936. The van der Waals surface area contributed by atoms with Crippen molar-refractivity contribution >= 4 is 11.6 Å². The fraction of sp³-hybridized carbons (Fsp3) is 0.400. The number of rotatable bonds is 6. The smallest absolute Gasteiger partial charge is 0.168 e. The van der Waals surface area contributed by atoms with Gasteiger partial charge in [0.05, 0.1) is 6.26 Å². The molecule has 21 heavy (non-hydrogen) atoms. The van der Waals surface area contributed by atoms with E-state index in [2.05, 4.69) is 10.3 Å². The van der Waals surface area contributed by atoms with Gasteiger partial charge in [0.2, 0.25) is 0 Å². The van der Waals surface area contributed by atoms with Crippen LogP contribution in [0.4, 0.5) is 20.4 Å². The maximum atomic E-state index is 13.9. The Bertz CT molecular complexity index is 613. The molecule has 4 nitrogen and oxygen atoms in total. The van der Waals surface area contributed by atoms with E-state index in [4.69, 9.17) is 4.42 Å². The van der Waals surface area contributed by atoms with Crippen molar-refractivity contribution in [3.63, 3.8) is 0 Å². The van der Waals surface area contributed by atoms with Gasteiger partial charge in [-0.25, -0.2) is 13.8 Å². The molecule has 0 aromatic carbocycles. The van der Waals surface area contributed by atoms with Crippen LogP contribution in [0.5, 0.6) is 0 Å². The molecule has 0 saturated carbocycles. The van der Waals surface area contributed by atoms with Gasteiger partial charge in [0.1, 0.15) is 5.76 Å². The Hall–Kier alpha value is -2.11. The molecule has 2 rings (SSSR count). The minimum Gasteiger partial charge on any atom is -0.469 e. The number of hydrogen-bond donors (Lipinski definition) is 1. The fourth-order valence-electron chi connectivity index (χ4n) is 2.00. The van der Waals surface area contributed by atoms with Crippen molar-refractivity contribution in [2.24, 2.45) is 0 Å². The maximum absolute atomic E-state index is 13.9. The van der Waals surface area contributed by atoms with Crippen molar-refractivity contribution in [1.82, 2.24) is 4.98 Å². The first-order chi connectivity index (χ1) is 10.0. The lowest BCUT2D eigenvalue weighted by Crippen LogP contribution is -2.20. The van der Waals surface area contributed by atoms with Crippen LogP contribution in [0.2, 0.25) is 0 Å². The van der Waals surface area contributed by atoms with Crippen LogP contribution in [0.15, 0.2) is 22.8 Å². The number of nitrogens with zero attached hydrogens (tertiary/aromatic N) is 2. The summed E-state index contributed by atoms with van der Waals surface area (Å²) in [5, 5.41) is 2.86. The minimum atomic E-state index is -0.683. The normalized spacial score (nSPS) is 10.7. The largest absolute Gasteiger partial charge is 0.469 e. The van der Waals surface area contributed by atoms with E-state index in [0.29, 0.717) is 13.1 Å². The van der Waals surface area contributed by atoms with Crippen LogP contribution in [-0.2, 0) is 6.54 Å². The third-order valence-corrected chi connectivity index (χ3v) is 3.19. The number of hydrogen-bond acceptors (Lipinski definition) is 4. The van der Waals surface area contributed by atoms with Crippen LogP contribution < -0.4 is 10.2 Å². The zero-order valence-corrected chi connectivity index (χ0v) is 12.4. The van der Waals surface area contributed by atoms with E-state index in [9.17, 15) is 8.78 Å². The maximum Gasteiger partial charge on any atom is 0.168 e. The molecule has 0 saturated heterocycles. The summed E-state index contributed by atoms with van der Waals surface area (Å²) in [6.07, 6.45) is 2.42. The summed E-state index contributed by atoms with van der Waals surface area (Å²) >= 11 is 0. The van der Waals surface area contributed by atoms with Crippen molar-refractivity contribution in [3.8, 4) is 0 Å². The van der Waals surface area contributed by atoms with Gasteiger partial charge in [0, 0.05) is 31.8 Å². The molecule has 0 atom stereocenters. The quantitative estimate of drug-likeness (QED) is 0.882. The van der Waals surface area contributed by atoms with Gasteiger partial charge in [-0.1, -0.05) is 6.92 Å². The monoisotopic (exact) mass is 295 g/mol. The van der Waals surface area contributed by atoms with Crippen molar-refractivity contribution in [1.29, 1.82) is 0 Å². The third-order valence-electron chi connectivity index (χ3n) is 3.19. The Balaban J connectivity index is 2.23. The summed E-state index contributed by atoms with van der Waals surface area (Å²) in [7, 11) is 1.71. The first-order valence-corrected chi connectivity index (χ1v) is 6.87. The van der Waals surface area contributed by atoms with Gasteiger partial charge in [0.25, 0.3) is 0 Å². The zero-order chi connectivity index (χ0) is 15.4. The predicted octanol–water partition coefficient (Wildman–Crippen LogP) is 3.72. The van der Waals surface area contributed by atoms with Crippen LogP contribution in [0.3, 0.4) is 0 Å². The van der Waals surface area contributed by atoms with Gasteiger partial charge >= 0.3 is 0 Å². The molecule has 0 radical (unpaired) electrons. The number of pyridine rings is 1. The topological polar surface area (TPSA) is 41.3 Å². The van der Waals surface area contributed by atoms with Crippen molar-refractivity contribution in [3.05, 3.63) is 41.4 Å². The molecule has 1 N–H and O–H groups in total. The molecule has 0 aliphatic heterocycles. The molecule has 0 bridgehead atoms. The van der Waals surface area contributed by atoms with Crippen LogP contribution >= 0.6 is 0 Å². The number of aryl methyl sites for hydroxylation is 1. The van der Waals surface area contributed by atoms with Crippen LogP contribution in [0.1, 0.15) is 24.7 Å². The molecule has 114 valence electrons. The van der Waals surface area contributed by atoms with E-state index < -0.39 is 11.6 Å². The molecule has 0 fully saturated rings. The number of anilines is 2. The molecule has 0 aliphatic rings. The average Bonchev–Trinajstić information content (AvgIpc) is 2.83. The highest BCUT2D eigenvalue weighted by Gasteiger charge is 2.16. The zero-order valence-electron chi connectivity index (χ0n) is 12.4. The number of aromatic nitrogens is 1. The third kappa shape index (κ3) is 3.51. The van der Waals surface area contributed by atoms with E-state index in [-0.39, 0.29) is 11.6 Å². The summed E-state index contributed by atoms with van der Waals surface area (Å²) < 4.78 is 32.8. The summed E-state index contributed by atoms with van der Waals surface area (Å²) in [4.78, 5) is 5.68. The van der Waals surface area contributed by atoms with Gasteiger partial charge in [-0.15, -0.1) is 0 Å². The van der Waals surface area contributed by atoms with Gasteiger partial charge in [0.15, 0.2) is 23.3 Å². The molecule has 0 amide bonds. The Morgan fingerprint density at radius 2 is 2.10 bits per heavy atom. The number of nitrogens with one attached hydrogen (secondary N) is 1. The Kier molecular flexibility index (Phi) is 4.77. The molecule has 0 spiro atoms. The molecular weight excluding hydrogens is 276 g/mol. The molecule has 2 aromatic rings. The summed E-state index contributed by atoms with van der Waals surface area (Å²) in [6.45, 7) is 4.82. The van der Waals surface area contributed by atoms with E-state index >= 15 is 0 Å². The lowest BCUT2D eigenvalue weighted by molar-refractivity contribution is 0.528. The lowest BCUT2D eigenvalue weighted by Gasteiger charge is -2.19. The minimum absolute atomic E-state index is 0.0732. The lowest BCUT2D eigenvalue weighted by atomic mass is 10.2. The van der Waals surface area contributed by atoms with Gasteiger partial charge in [-0.2, -0.15) is 0 Å². The summed E-state index contributed by atoms with van der Waals surface area (Å²) in [6, 6.07) is 2.68. The van der Waals surface area contributed by atoms with Gasteiger partial charge < -0.3 is 14.6 Å². The Labute approximate surface area is 122 Å². The predicted molar refractivity (Wildman–Crippen MR) is 78.5 cm³/mol. The highest BCUT2D eigenvalue weighted by Crippen LogP contribution is 2.23. The summed E-state index contributed by atoms with van der Waals surface area (Å²) in [5.74, 6) is -0.413. The second-order valence-corrected chi connectivity index (χ2v) is 4.91. The van der Waals surface area contributed by atoms with Crippen LogP contribution in [-0.4, -0.2) is 18.6 Å². The van der Waals surface area contributed by atoms with Crippen LogP contribution in [0, 0.1) is 18.6 Å². The average molecular weight is 295 g/mol. The van der Waals surface area contributed by atoms with Crippen LogP contribution in [0.25, 0.3) is 0 Å². The highest BCUT2D eigenvalue weighted by atomic mass is 19.1. The first-order valence-electron chi connectivity index (χ1n) is 6.87. The molecule has 6 heteroatoms. The molecule has 0 unspecified atom stereocenters. The molecule has 0 aliphatic carbocycles. The van der Waals surface area contributed by atoms with E-state index in [1.54, 1.807) is 18.2 Å². The Morgan fingerprint density at radius 3 is 2.71 bits per heavy atom. The van der Waals surface area contributed by atoms with Crippen molar-refractivity contribution < 1.29 is 13.2 Å². The van der Waals surface area contributed by atoms with Gasteiger partial charge in [-0.05, 0) is 19.4 Å². The Morgan fingerprint density at radius 1 is 1.33 bits per heavy atom. The van der Waals surface area contributed by atoms with Gasteiger partial charge in [-0.3, -0.25) is 0 Å². The molecule has 2 aromatic heterocycles. The van der Waals surface area contributed by atoms with E-state index in [1.807, 2.05) is 19.9 Å². The van der Waals surface area contributed by atoms with E-state index in [0.717, 1.165) is 23.8 Å². The number of furan rings is 1. The van der Waals surface area contributed by atoms with Crippen molar-refractivity contribution in [2.45, 2.75) is 26.8 Å². The molecular formula is C15H19F2N3O.